The van der Waals surface area contributed by atoms with Crippen molar-refractivity contribution in [2.45, 2.75) is 11.9 Å². The van der Waals surface area contributed by atoms with E-state index in [1.165, 1.54) is 0 Å². The molecule has 0 aliphatic carbocycles. The quantitative estimate of drug-likeness (QED) is 0.559. The predicted octanol–water partition coefficient (Wildman–Crippen LogP) is 3.80. The first-order valence-corrected chi connectivity index (χ1v) is 11.8. The van der Waals surface area contributed by atoms with Crippen LogP contribution in [0.1, 0.15) is 16.7 Å². The molecule has 1 aromatic heterocycles. The number of carbonyl (C=O) groups excluding carboxylic acids is 1. The number of alkyl halides is 3. The molecule has 3 rings (SSSR count). The minimum atomic E-state index is -4.49. The Balaban J connectivity index is 1.36. The maximum Gasteiger partial charge on any atom is 0.417 e. The van der Waals surface area contributed by atoms with Crippen molar-refractivity contribution < 1.29 is 18.0 Å². The molecule has 0 saturated carbocycles. The summed E-state index contributed by atoms with van der Waals surface area (Å²) >= 11 is 7.68. The van der Waals surface area contributed by atoms with Gasteiger partial charge < -0.3 is 10.2 Å². The summed E-state index contributed by atoms with van der Waals surface area (Å²) in [4.78, 5) is 19.9. The summed E-state index contributed by atoms with van der Waals surface area (Å²) in [5.41, 5.74) is 0.775. The zero-order chi connectivity index (χ0) is 23.8. The van der Waals surface area contributed by atoms with Gasteiger partial charge in [-0.2, -0.15) is 30.2 Å². The number of hydrogen-bond acceptors (Lipinski definition) is 6. The van der Waals surface area contributed by atoms with Crippen LogP contribution in [-0.4, -0.2) is 60.8 Å². The number of thioether (sulfide) groups is 1. The molecule has 1 aliphatic rings. The maximum atomic E-state index is 12.8. The lowest BCUT2D eigenvalue weighted by atomic mass is 10.1. The van der Waals surface area contributed by atoms with Gasteiger partial charge in [-0.15, -0.1) is 0 Å². The second-order valence-corrected chi connectivity index (χ2v) is 8.97. The van der Waals surface area contributed by atoms with Crippen LogP contribution in [0.5, 0.6) is 0 Å². The number of amides is 1. The number of piperazine rings is 1. The third-order valence-electron chi connectivity index (χ3n) is 5.15. The van der Waals surface area contributed by atoms with E-state index in [4.69, 9.17) is 16.9 Å². The number of nitriles is 1. The van der Waals surface area contributed by atoms with Crippen molar-refractivity contribution in [3.8, 4) is 6.07 Å². The highest BCUT2D eigenvalue weighted by Crippen LogP contribution is 2.33. The van der Waals surface area contributed by atoms with Crippen LogP contribution in [0, 0.1) is 11.3 Å². The highest BCUT2D eigenvalue weighted by Gasteiger charge is 2.32. The number of pyridine rings is 1. The Labute approximate surface area is 199 Å². The number of benzene rings is 1. The van der Waals surface area contributed by atoms with Crippen LogP contribution in [0.2, 0.25) is 5.02 Å². The summed E-state index contributed by atoms with van der Waals surface area (Å²) in [7, 11) is 0. The second kappa shape index (κ2) is 11.6. The van der Waals surface area contributed by atoms with E-state index >= 15 is 0 Å². The van der Waals surface area contributed by atoms with E-state index in [0.29, 0.717) is 49.9 Å². The van der Waals surface area contributed by atoms with E-state index in [0.717, 1.165) is 23.6 Å². The number of carbonyl (C=O) groups is 1. The van der Waals surface area contributed by atoms with Gasteiger partial charge in [0.05, 0.1) is 28.8 Å². The topological polar surface area (TPSA) is 72.3 Å². The Morgan fingerprint density at radius 1 is 1.24 bits per heavy atom. The van der Waals surface area contributed by atoms with Gasteiger partial charge in [0.1, 0.15) is 5.82 Å². The lowest BCUT2D eigenvalue weighted by Crippen LogP contribution is -2.50. The summed E-state index contributed by atoms with van der Waals surface area (Å²) in [5.74, 6) is 1.69. The van der Waals surface area contributed by atoms with Crippen molar-refractivity contribution in [2.75, 3.05) is 49.9 Å². The molecule has 33 heavy (non-hydrogen) atoms. The van der Waals surface area contributed by atoms with E-state index in [1.54, 1.807) is 17.8 Å². The van der Waals surface area contributed by atoms with Crippen LogP contribution in [0.3, 0.4) is 0 Å². The number of aromatic nitrogens is 1. The SMILES string of the molecule is N#Cc1ccccc1CSCCNC(=O)CN1CCN(c2ncc(C(F)(F)F)cc2Cl)CC1. The van der Waals surface area contributed by atoms with Crippen molar-refractivity contribution in [3.63, 3.8) is 0 Å². The van der Waals surface area contributed by atoms with Crippen molar-refractivity contribution in [1.82, 2.24) is 15.2 Å². The molecule has 1 aromatic carbocycles. The van der Waals surface area contributed by atoms with E-state index in [9.17, 15) is 18.0 Å². The smallest absolute Gasteiger partial charge is 0.354 e. The van der Waals surface area contributed by atoms with Crippen LogP contribution in [0.4, 0.5) is 19.0 Å². The van der Waals surface area contributed by atoms with Crippen LogP contribution in [0.15, 0.2) is 36.5 Å². The monoisotopic (exact) mass is 497 g/mol. The van der Waals surface area contributed by atoms with Crippen LogP contribution in [0.25, 0.3) is 0 Å². The van der Waals surface area contributed by atoms with Gasteiger partial charge in [0, 0.05) is 50.4 Å². The minimum absolute atomic E-state index is 0.0362. The minimum Gasteiger partial charge on any atom is -0.354 e. The molecule has 1 fully saturated rings. The molecule has 2 aromatic rings. The molecule has 1 aliphatic heterocycles. The van der Waals surface area contributed by atoms with Crippen molar-refractivity contribution in [2.24, 2.45) is 0 Å². The molecular weight excluding hydrogens is 475 g/mol. The molecule has 1 N–H and O–H groups in total. The number of anilines is 1. The third kappa shape index (κ3) is 7.25. The number of hydrogen-bond donors (Lipinski definition) is 1. The number of halogens is 4. The van der Waals surface area contributed by atoms with Gasteiger partial charge in [0.15, 0.2) is 0 Å². The van der Waals surface area contributed by atoms with Gasteiger partial charge in [-0.1, -0.05) is 29.8 Å². The van der Waals surface area contributed by atoms with Gasteiger partial charge >= 0.3 is 6.18 Å². The molecule has 0 atom stereocenters. The fourth-order valence-electron chi connectivity index (χ4n) is 3.40. The normalized spacial score (nSPS) is 14.7. The van der Waals surface area contributed by atoms with E-state index in [2.05, 4.69) is 16.4 Å². The maximum absolute atomic E-state index is 12.8. The standard InChI is InChI=1S/C22H23ClF3N5OS/c23-19-11-18(22(24,25)26)13-29-21(19)31-8-6-30(7-9-31)14-20(32)28-5-10-33-15-17-4-2-1-3-16(17)12-27/h1-4,11,13H,5-10,14-15H2,(H,28,32). The highest BCUT2D eigenvalue weighted by molar-refractivity contribution is 7.98. The lowest BCUT2D eigenvalue weighted by Gasteiger charge is -2.35. The molecule has 0 radical (unpaired) electrons. The molecule has 176 valence electrons. The first kappa shape index (κ1) is 25.1. The van der Waals surface area contributed by atoms with E-state index < -0.39 is 11.7 Å². The highest BCUT2D eigenvalue weighted by atomic mass is 35.5. The second-order valence-electron chi connectivity index (χ2n) is 7.46. The Kier molecular flexibility index (Phi) is 8.83. The predicted molar refractivity (Wildman–Crippen MR) is 123 cm³/mol. The Morgan fingerprint density at radius 3 is 2.64 bits per heavy atom. The number of rotatable bonds is 8. The van der Waals surface area contributed by atoms with Gasteiger partial charge in [-0.25, -0.2) is 4.98 Å². The van der Waals surface area contributed by atoms with Crippen LogP contribution >= 0.6 is 23.4 Å². The zero-order valence-electron chi connectivity index (χ0n) is 17.7. The lowest BCUT2D eigenvalue weighted by molar-refractivity contribution is -0.137. The molecule has 0 spiro atoms. The van der Waals surface area contributed by atoms with Crippen LogP contribution in [-0.2, 0) is 16.7 Å². The fourth-order valence-corrected chi connectivity index (χ4v) is 4.54. The zero-order valence-corrected chi connectivity index (χ0v) is 19.3. The molecule has 0 unspecified atom stereocenters. The Hall–Kier alpha value is -2.48. The molecule has 2 heterocycles. The van der Waals surface area contributed by atoms with Crippen molar-refractivity contribution in [3.05, 3.63) is 58.2 Å². The van der Waals surface area contributed by atoms with Crippen molar-refractivity contribution in [1.29, 1.82) is 5.26 Å². The average Bonchev–Trinajstić information content (AvgIpc) is 2.79. The van der Waals surface area contributed by atoms with E-state index in [-0.39, 0.29) is 17.5 Å². The molecular formula is C22H23ClF3N5OS. The summed E-state index contributed by atoms with van der Waals surface area (Å²) in [5, 5.41) is 12.0. The van der Waals surface area contributed by atoms with Crippen LogP contribution < -0.4 is 10.2 Å². The molecule has 11 heteroatoms. The molecule has 6 nitrogen and oxygen atoms in total. The first-order valence-electron chi connectivity index (χ1n) is 10.3. The first-order chi connectivity index (χ1) is 15.8. The molecule has 1 saturated heterocycles. The van der Waals surface area contributed by atoms with Gasteiger partial charge in [-0.05, 0) is 17.7 Å². The van der Waals surface area contributed by atoms with Gasteiger partial charge in [0.2, 0.25) is 5.91 Å². The Bertz CT molecular complexity index is 1010. The molecule has 1 amide bonds. The van der Waals surface area contributed by atoms with Gasteiger partial charge in [0.25, 0.3) is 0 Å². The Morgan fingerprint density at radius 2 is 1.97 bits per heavy atom. The number of nitrogens with zero attached hydrogens (tertiary/aromatic N) is 4. The summed E-state index contributed by atoms with van der Waals surface area (Å²) in [6.07, 6.45) is -3.70. The summed E-state index contributed by atoms with van der Waals surface area (Å²) in [6, 6.07) is 10.5. The summed E-state index contributed by atoms with van der Waals surface area (Å²) in [6.45, 7) is 2.96. The fraction of sp³-hybridized carbons (Fsp3) is 0.409. The van der Waals surface area contributed by atoms with Gasteiger partial charge in [-0.3, -0.25) is 9.69 Å². The average molecular weight is 498 g/mol. The van der Waals surface area contributed by atoms with E-state index in [1.807, 2.05) is 28.0 Å². The molecule has 0 bridgehead atoms. The largest absolute Gasteiger partial charge is 0.417 e. The number of nitrogens with one attached hydrogen (secondary N) is 1. The third-order valence-corrected chi connectivity index (χ3v) is 6.44. The summed E-state index contributed by atoms with van der Waals surface area (Å²) < 4.78 is 38.4. The van der Waals surface area contributed by atoms with Crippen molar-refractivity contribution >= 4 is 35.1 Å².